The summed E-state index contributed by atoms with van der Waals surface area (Å²) in [5.74, 6) is 1.14. The van der Waals surface area contributed by atoms with E-state index in [1.54, 1.807) is 0 Å². The molecule has 182 valence electrons. The summed E-state index contributed by atoms with van der Waals surface area (Å²) in [6, 6.07) is 32.2. The first kappa shape index (κ1) is 24.1. The second-order valence-electron chi connectivity index (χ2n) is 10.7. The van der Waals surface area contributed by atoms with Crippen molar-refractivity contribution in [2.24, 2.45) is 17.3 Å². The summed E-state index contributed by atoms with van der Waals surface area (Å²) in [4.78, 5) is 15.0. The first-order chi connectivity index (χ1) is 16.9. The van der Waals surface area contributed by atoms with Crippen molar-refractivity contribution in [1.82, 2.24) is 0 Å². The minimum absolute atomic E-state index is 0.0146. The molecule has 4 fully saturated rings. The van der Waals surface area contributed by atoms with Crippen LogP contribution in [0.1, 0.15) is 45.4 Å². The van der Waals surface area contributed by atoms with Gasteiger partial charge in [-0.05, 0) is 86.8 Å². The van der Waals surface area contributed by atoms with E-state index in [1.165, 1.54) is 28.0 Å². The van der Waals surface area contributed by atoms with E-state index in [1.807, 2.05) is 0 Å². The molecule has 4 aliphatic rings. The molecule has 7 rings (SSSR count). The standard InChI is InChI=1S/C18H15S.C13H20O3/c1-4-10-16(11-5-1)19(17-12-6-2-7-13-17)18-14-8-3-9-15-18;1-9(14)16-8-12-3-10-2-11(4-12)6-13(15,5-10)7-12/h1-15H;10-11,15H,2-8H2,1H3/q+1;. The molecule has 0 aliphatic heterocycles. The summed E-state index contributed by atoms with van der Waals surface area (Å²) in [5.41, 5.74) is -0.339. The zero-order valence-electron chi connectivity index (χ0n) is 20.4. The third-order valence-corrected chi connectivity index (χ3v) is 9.90. The second-order valence-corrected chi connectivity index (χ2v) is 12.7. The number of hydrogen-bond acceptors (Lipinski definition) is 3. The van der Waals surface area contributed by atoms with E-state index in [0.717, 1.165) is 32.1 Å². The van der Waals surface area contributed by atoms with Gasteiger partial charge in [0.2, 0.25) is 0 Å². The molecule has 3 aromatic carbocycles. The Hall–Kier alpha value is -2.56. The van der Waals surface area contributed by atoms with E-state index in [0.29, 0.717) is 18.4 Å². The summed E-state index contributed by atoms with van der Waals surface area (Å²) in [6.45, 7) is 1.99. The summed E-state index contributed by atoms with van der Waals surface area (Å²) in [5, 5.41) is 10.5. The molecular formula is C31H35O3S+. The van der Waals surface area contributed by atoms with Gasteiger partial charge in [0.1, 0.15) is 0 Å². The van der Waals surface area contributed by atoms with Crippen molar-refractivity contribution >= 4 is 16.9 Å². The summed E-state index contributed by atoms with van der Waals surface area (Å²) in [7, 11) is -0.0146. The van der Waals surface area contributed by atoms with Crippen LogP contribution in [-0.4, -0.2) is 23.3 Å². The van der Waals surface area contributed by atoms with Gasteiger partial charge in [0.15, 0.2) is 14.7 Å². The van der Waals surface area contributed by atoms with Crippen molar-refractivity contribution in [3.63, 3.8) is 0 Å². The average Bonchev–Trinajstić information content (AvgIpc) is 2.84. The molecule has 0 heterocycles. The first-order valence-electron chi connectivity index (χ1n) is 12.7. The lowest BCUT2D eigenvalue weighted by Gasteiger charge is -2.59. The van der Waals surface area contributed by atoms with Crippen LogP contribution in [0.15, 0.2) is 106 Å². The molecule has 2 unspecified atom stereocenters. The maximum absolute atomic E-state index is 10.9. The van der Waals surface area contributed by atoms with E-state index in [4.69, 9.17) is 4.74 Å². The van der Waals surface area contributed by atoms with Crippen molar-refractivity contribution in [2.75, 3.05) is 6.61 Å². The van der Waals surface area contributed by atoms with Crippen LogP contribution in [0, 0.1) is 17.3 Å². The maximum Gasteiger partial charge on any atom is 0.302 e. The van der Waals surface area contributed by atoms with Crippen molar-refractivity contribution < 1.29 is 14.6 Å². The zero-order chi connectivity index (χ0) is 24.3. The van der Waals surface area contributed by atoms with E-state index in [2.05, 4.69) is 91.0 Å². The number of hydrogen-bond donors (Lipinski definition) is 1. The number of ether oxygens (including phenoxy) is 1. The lowest BCUT2D eigenvalue weighted by Crippen LogP contribution is -2.57. The van der Waals surface area contributed by atoms with E-state index >= 15 is 0 Å². The Bertz CT molecular complexity index is 1010. The van der Waals surface area contributed by atoms with Gasteiger partial charge in [-0.15, -0.1) is 0 Å². The average molecular weight is 488 g/mol. The third kappa shape index (κ3) is 5.65. The van der Waals surface area contributed by atoms with Gasteiger partial charge in [0.05, 0.1) is 23.1 Å². The van der Waals surface area contributed by atoms with Gasteiger partial charge in [-0.1, -0.05) is 54.6 Å². The second kappa shape index (κ2) is 10.2. The van der Waals surface area contributed by atoms with Crippen molar-refractivity contribution in [3.8, 4) is 0 Å². The molecule has 4 bridgehead atoms. The van der Waals surface area contributed by atoms with Crippen LogP contribution in [0.3, 0.4) is 0 Å². The Morgan fingerprint density at radius 1 is 0.800 bits per heavy atom. The minimum atomic E-state index is -0.440. The third-order valence-electron chi connectivity index (χ3n) is 7.67. The predicted molar refractivity (Wildman–Crippen MR) is 140 cm³/mol. The highest BCUT2D eigenvalue weighted by Crippen LogP contribution is 2.61. The van der Waals surface area contributed by atoms with E-state index in [9.17, 15) is 9.90 Å². The van der Waals surface area contributed by atoms with Gasteiger partial charge >= 0.3 is 5.97 Å². The molecule has 3 aromatic rings. The molecule has 4 saturated carbocycles. The van der Waals surface area contributed by atoms with Gasteiger partial charge in [-0.25, -0.2) is 0 Å². The van der Waals surface area contributed by atoms with Crippen LogP contribution < -0.4 is 0 Å². The highest BCUT2D eigenvalue weighted by Gasteiger charge is 2.57. The monoisotopic (exact) mass is 487 g/mol. The van der Waals surface area contributed by atoms with Crippen LogP contribution in [-0.2, 0) is 20.4 Å². The van der Waals surface area contributed by atoms with Crippen LogP contribution in [0.5, 0.6) is 0 Å². The fourth-order valence-corrected chi connectivity index (χ4v) is 9.01. The molecule has 35 heavy (non-hydrogen) atoms. The first-order valence-corrected chi connectivity index (χ1v) is 13.9. The molecule has 0 amide bonds. The quantitative estimate of drug-likeness (QED) is 0.323. The predicted octanol–water partition coefficient (Wildman–Crippen LogP) is 6.66. The molecule has 0 spiro atoms. The van der Waals surface area contributed by atoms with E-state index < -0.39 is 5.60 Å². The molecule has 0 aromatic heterocycles. The topological polar surface area (TPSA) is 46.5 Å². The van der Waals surface area contributed by atoms with Crippen molar-refractivity contribution in [3.05, 3.63) is 91.0 Å². The molecule has 4 heteroatoms. The molecule has 3 nitrogen and oxygen atoms in total. The SMILES string of the molecule is CC(=O)OCC12CC3CC(CC(O)(C3)C1)C2.c1ccc([S+](c2ccccc2)c2ccccc2)cc1. The van der Waals surface area contributed by atoms with Gasteiger partial charge in [0.25, 0.3) is 0 Å². The van der Waals surface area contributed by atoms with Crippen LogP contribution in [0.25, 0.3) is 0 Å². The van der Waals surface area contributed by atoms with Gasteiger partial charge < -0.3 is 9.84 Å². The number of esters is 1. The fraction of sp³-hybridized carbons (Fsp3) is 0.387. The molecule has 4 aliphatic carbocycles. The molecular weight excluding hydrogens is 452 g/mol. The minimum Gasteiger partial charge on any atom is -0.465 e. The highest BCUT2D eigenvalue weighted by atomic mass is 32.2. The Kier molecular flexibility index (Phi) is 7.04. The largest absolute Gasteiger partial charge is 0.465 e. The lowest BCUT2D eigenvalue weighted by atomic mass is 9.48. The van der Waals surface area contributed by atoms with Crippen LogP contribution in [0.4, 0.5) is 0 Å². The zero-order valence-corrected chi connectivity index (χ0v) is 21.3. The summed E-state index contributed by atoms with van der Waals surface area (Å²) < 4.78 is 5.22. The number of carbonyl (C=O) groups is 1. The van der Waals surface area contributed by atoms with Gasteiger partial charge in [-0.2, -0.15) is 0 Å². The summed E-state index contributed by atoms with van der Waals surface area (Å²) in [6.07, 6.45) is 6.39. The summed E-state index contributed by atoms with van der Waals surface area (Å²) >= 11 is 0. The Morgan fingerprint density at radius 3 is 1.60 bits per heavy atom. The Balaban J connectivity index is 0.000000147. The number of carbonyl (C=O) groups excluding carboxylic acids is 1. The molecule has 0 radical (unpaired) electrons. The van der Waals surface area contributed by atoms with Crippen LogP contribution >= 0.6 is 0 Å². The number of benzene rings is 3. The van der Waals surface area contributed by atoms with Crippen molar-refractivity contribution in [1.29, 1.82) is 0 Å². The molecule has 0 saturated heterocycles. The number of aliphatic hydroxyl groups is 1. The highest BCUT2D eigenvalue weighted by molar-refractivity contribution is 7.97. The number of rotatable bonds is 5. The smallest absolute Gasteiger partial charge is 0.302 e. The van der Waals surface area contributed by atoms with Crippen LogP contribution in [0.2, 0.25) is 0 Å². The molecule has 1 N–H and O–H groups in total. The Labute approximate surface area is 211 Å². The van der Waals surface area contributed by atoms with Gasteiger partial charge in [0, 0.05) is 12.3 Å². The molecule has 2 atom stereocenters. The van der Waals surface area contributed by atoms with Gasteiger partial charge in [-0.3, -0.25) is 4.79 Å². The lowest BCUT2D eigenvalue weighted by molar-refractivity contribution is -0.185. The fourth-order valence-electron chi connectivity index (χ4n) is 6.90. The van der Waals surface area contributed by atoms with Crippen molar-refractivity contribution in [2.45, 2.75) is 65.7 Å². The van der Waals surface area contributed by atoms with E-state index in [-0.39, 0.29) is 22.3 Å². The maximum atomic E-state index is 10.9. The Morgan fingerprint density at radius 2 is 1.23 bits per heavy atom. The normalized spacial score (nSPS) is 28.3.